The third kappa shape index (κ3) is 2.24. The van der Waals surface area contributed by atoms with E-state index < -0.39 is 0 Å². The van der Waals surface area contributed by atoms with E-state index in [0.29, 0.717) is 11.7 Å². The van der Waals surface area contributed by atoms with Crippen LogP contribution in [0.2, 0.25) is 0 Å². The van der Waals surface area contributed by atoms with Gasteiger partial charge in [0.05, 0.1) is 0 Å². The summed E-state index contributed by atoms with van der Waals surface area (Å²) in [6.45, 7) is 2.87. The third-order valence-electron chi connectivity index (χ3n) is 3.98. The van der Waals surface area contributed by atoms with Gasteiger partial charge in [0.2, 0.25) is 0 Å². The van der Waals surface area contributed by atoms with Gasteiger partial charge in [-0.15, -0.1) is 0 Å². The van der Waals surface area contributed by atoms with Crippen LogP contribution in [0, 0.1) is 5.92 Å². The summed E-state index contributed by atoms with van der Waals surface area (Å²) in [5.74, 6) is 1.09. The summed E-state index contributed by atoms with van der Waals surface area (Å²) in [6, 6.07) is 9.52. The highest BCUT2D eigenvalue weighted by Gasteiger charge is 2.21. The van der Waals surface area contributed by atoms with Gasteiger partial charge in [0.1, 0.15) is 5.82 Å². The average molecular weight is 257 g/mol. The molecule has 2 aromatic rings. The molecule has 0 radical (unpaired) electrons. The zero-order chi connectivity index (χ0) is 13.4. The van der Waals surface area contributed by atoms with Crippen molar-refractivity contribution in [2.75, 3.05) is 25.9 Å². The first kappa shape index (κ1) is 12.2. The van der Waals surface area contributed by atoms with Crippen LogP contribution in [0.1, 0.15) is 6.42 Å². The maximum Gasteiger partial charge on any atom is 0.259 e. The van der Waals surface area contributed by atoms with Crippen molar-refractivity contribution in [1.82, 2.24) is 9.47 Å². The molecule has 4 nitrogen and oxygen atoms in total. The molecule has 3 rings (SSSR count). The number of nitrogens with zero attached hydrogens (tertiary/aromatic N) is 2. The minimum absolute atomic E-state index is 0.0325. The predicted molar refractivity (Wildman–Crippen MR) is 78.2 cm³/mol. The lowest BCUT2D eigenvalue weighted by Gasteiger charge is -2.15. The Morgan fingerprint density at radius 1 is 1.37 bits per heavy atom. The molecule has 0 saturated carbocycles. The van der Waals surface area contributed by atoms with Crippen LogP contribution in [-0.2, 0) is 6.54 Å². The number of pyridine rings is 1. The molecule has 100 valence electrons. The van der Waals surface area contributed by atoms with Gasteiger partial charge < -0.3 is 10.6 Å². The van der Waals surface area contributed by atoms with E-state index in [1.807, 2.05) is 30.3 Å². The number of nitrogen functional groups attached to an aromatic ring is 1. The minimum Gasteiger partial charge on any atom is -0.385 e. The number of nitrogens with two attached hydrogens (primary N) is 1. The van der Waals surface area contributed by atoms with Gasteiger partial charge in [0.15, 0.2) is 0 Å². The fourth-order valence-corrected chi connectivity index (χ4v) is 2.94. The molecule has 1 fully saturated rings. The van der Waals surface area contributed by atoms with Crippen LogP contribution >= 0.6 is 0 Å². The Bertz CT molecular complexity index is 662. The van der Waals surface area contributed by atoms with Gasteiger partial charge in [-0.3, -0.25) is 9.36 Å². The SMILES string of the molecule is CN1CCC(Cn2c(N)cc3ccccc3c2=O)C1. The maximum absolute atomic E-state index is 12.5. The number of hydrogen-bond donors (Lipinski definition) is 1. The summed E-state index contributed by atoms with van der Waals surface area (Å²) in [6.07, 6.45) is 1.13. The monoisotopic (exact) mass is 257 g/mol. The molecule has 0 bridgehead atoms. The van der Waals surface area contributed by atoms with E-state index in [1.165, 1.54) is 0 Å². The number of anilines is 1. The summed E-state index contributed by atoms with van der Waals surface area (Å²) < 4.78 is 1.73. The lowest BCUT2D eigenvalue weighted by atomic mass is 10.1. The average Bonchev–Trinajstić information content (AvgIpc) is 2.80. The molecule has 2 heterocycles. The van der Waals surface area contributed by atoms with Crippen molar-refractivity contribution in [2.45, 2.75) is 13.0 Å². The normalized spacial score (nSPS) is 20.2. The summed E-state index contributed by atoms with van der Waals surface area (Å²) >= 11 is 0. The first-order chi connectivity index (χ1) is 9.15. The first-order valence-electron chi connectivity index (χ1n) is 6.72. The van der Waals surface area contributed by atoms with Gasteiger partial charge in [-0.25, -0.2) is 0 Å². The van der Waals surface area contributed by atoms with E-state index in [0.717, 1.165) is 36.8 Å². The van der Waals surface area contributed by atoms with Crippen LogP contribution in [-0.4, -0.2) is 29.6 Å². The predicted octanol–water partition coefficient (Wildman–Crippen LogP) is 1.54. The molecule has 1 saturated heterocycles. The number of benzene rings is 1. The van der Waals surface area contributed by atoms with E-state index in [1.54, 1.807) is 4.57 Å². The van der Waals surface area contributed by atoms with Crippen LogP contribution < -0.4 is 11.3 Å². The topological polar surface area (TPSA) is 51.3 Å². The van der Waals surface area contributed by atoms with Gasteiger partial charge in [-0.2, -0.15) is 0 Å². The highest BCUT2D eigenvalue weighted by molar-refractivity contribution is 5.83. The Kier molecular flexibility index (Phi) is 3.03. The van der Waals surface area contributed by atoms with Gasteiger partial charge >= 0.3 is 0 Å². The highest BCUT2D eigenvalue weighted by atomic mass is 16.1. The smallest absolute Gasteiger partial charge is 0.259 e. The van der Waals surface area contributed by atoms with Gasteiger partial charge in [0, 0.05) is 18.5 Å². The van der Waals surface area contributed by atoms with Crippen molar-refractivity contribution in [3.05, 3.63) is 40.7 Å². The lowest BCUT2D eigenvalue weighted by Crippen LogP contribution is -2.27. The Balaban J connectivity index is 2.01. The molecule has 0 spiro atoms. The summed E-state index contributed by atoms with van der Waals surface area (Å²) in [5, 5.41) is 1.67. The number of hydrogen-bond acceptors (Lipinski definition) is 3. The molecule has 19 heavy (non-hydrogen) atoms. The van der Waals surface area contributed by atoms with E-state index in [4.69, 9.17) is 5.73 Å². The molecule has 1 aliphatic rings. The second kappa shape index (κ2) is 4.70. The molecule has 0 amide bonds. The number of fused-ring (bicyclic) bond motifs is 1. The summed E-state index contributed by atoms with van der Waals surface area (Å²) in [5.41, 5.74) is 6.08. The third-order valence-corrected chi connectivity index (χ3v) is 3.98. The van der Waals surface area contributed by atoms with Crippen molar-refractivity contribution in [3.8, 4) is 0 Å². The van der Waals surface area contributed by atoms with Crippen molar-refractivity contribution in [2.24, 2.45) is 5.92 Å². The van der Waals surface area contributed by atoms with Gasteiger partial charge in [-0.1, -0.05) is 18.2 Å². The molecule has 1 unspecified atom stereocenters. The van der Waals surface area contributed by atoms with Crippen LogP contribution in [0.25, 0.3) is 10.8 Å². The Labute approximate surface area is 112 Å². The molecular weight excluding hydrogens is 238 g/mol. The number of aromatic nitrogens is 1. The first-order valence-corrected chi connectivity index (χ1v) is 6.72. The van der Waals surface area contributed by atoms with Crippen LogP contribution in [0.15, 0.2) is 35.1 Å². The van der Waals surface area contributed by atoms with Crippen molar-refractivity contribution < 1.29 is 0 Å². The quantitative estimate of drug-likeness (QED) is 0.887. The highest BCUT2D eigenvalue weighted by Crippen LogP contribution is 2.19. The van der Waals surface area contributed by atoms with Crippen LogP contribution in [0.3, 0.4) is 0 Å². The second-order valence-corrected chi connectivity index (χ2v) is 5.49. The van der Waals surface area contributed by atoms with Crippen LogP contribution in [0.4, 0.5) is 5.82 Å². The van der Waals surface area contributed by atoms with E-state index >= 15 is 0 Å². The number of rotatable bonds is 2. The van der Waals surface area contributed by atoms with Crippen molar-refractivity contribution in [3.63, 3.8) is 0 Å². The molecule has 1 aliphatic heterocycles. The molecule has 0 aliphatic carbocycles. The van der Waals surface area contributed by atoms with E-state index in [2.05, 4.69) is 11.9 Å². The lowest BCUT2D eigenvalue weighted by molar-refractivity contribution is 0.377. The fourth-order valence-electron chi connectivity index (χ4n) is 2.94. The van der Waals surface area contributed by atoms with Crippen molar-refractivity contribution >= 4 is 16.6 Å². The standard InChI is InChI=1S/C15H19N3O/c1-17-7-6-11(9-17)10-18-14(16)8-12-4-2-3-5-13(12)15(18)19/h2-5,8,11H,6-7,9-10,16H2,1H3. The molecule has 1 atom stereocenters. The van der Waals surface area contributed by atoms with E-state index in [-0.39, 0.29) is 5.56 Å². The number of likely N-dealkylation sites (tertiary alicyclic amines) is 1. The molecular formula is C15H19N3O. The molecule has 1 aromatic heterocycles. The Morgan fingerprint density at radius 3 is 2.89 bits per heavy atom. The van der Waals surface area contributed by atoms with Gasteiger partial charge in [0.25, 0.3) is 5.56 Å². The zero-order valence-corrected chi connectivity index (χ0v) is 11.2. The zero-order valence-electron chi connectivity index (χ0n) is 11.2. The Hall–Kier alpha value is -1.81. The minimum atomic E-state index is 0.0325. The molecule has 2 N–H and O–H groups in total. The fraction of sp³-hybridized carbons (Fsp3) is 0.400. The maximum atomic E-state index is 12.5. The largest absolute Gasteiger partial charge is 0.385 e. The van der Waals surface area contributed by atoms with Gasteiger partial charge in [-0.05, 0) is 43.5 Å². The van der Waals surface area contributed by atoms with Crippen LogP contribution in [0.5, 0.6) is 0 Å². The summed E-state index contributed by atoms with van der Waals surface area (Å²) in [7, 11) is 2.12. The second-order valence-electron chi connectivity index (χ2n) is 5.49. The molecule has 4 heteroatoms. The Morgan fingerprint density at radius 2 is 2.16 bits per heavy atom. The van der Waals surface area contributed by atoms with E-state index in [9.17, 15) is 4.79 Å². The molecule has 1 aromatic carbocycles. The summed E-state index contributed by atoms with van der Waals surface area (Å²) in [4.78, 5) is 14.8. The van der Waals surface area contributed by atoms with Crippen molar-refractivity contribution in [1.29, 1.82) is 0 Å².